The molecule has 1 aromatic heterocycles. The molecule has 70 valence electrons. The standard InChI is InChI=1S/C9H11NO2S/c11-9(8-4-10-6-13-8)7-2-1-3-12-5-7/h4-6,9,11H,1-3H2. The Kier molecular flexibility index (Phi) is 2.61. The molecule has 2 rings (SSSR count). The highest BCUT2D eigenvalue weighted by Crippen LogP contribution is 2.29. The first kappa shape index (κ1) is 8.72. The van der Waals surface area contributed by atoms with Gasteiger partial charge >= 0.3 is 0 Å². The van der Waals surface area contributed by atoms with E-state index in [1.807, 2.05) is 0 Å². The Morgan fingerprint density at radius 3 is 3.15 bits per heavy atom. The Morgan fingerprint density at radius 2 is 2.54 bits per heavy atom. The second kappa shape index (κ2) is 3.89. The van der Waals surface area contributed by atoms with Gasteiger partial charge in [-0.2, -0.15) is 0 Å². The van der Waals surface area contributed by atoms with E-state index in [4.69, 9.17) is 4.74 Å². The molecule has 1 N–H and O–H groups in total. The molecule has 0 spiro atoms. The molecule has 0 radical (unpaired) electrons. The van der Waals surface area contributed by atoms with Gasteiger partial charge in [-0.3, -0.25) is 4.98 Å². The highest BCUT2D eigenvalue weighted by atomic mass is 32.1. The van der Waals surface area contributed by atoms with Gasteiger partial charge in [-0.1, -0.05) is 0 Å². The van der Waals surface area contributed by atoms with Crippen LogP contribution in [-0.4, -0.2) is 16.7 Å². The quantitative estimate of drug-likeness (QED) is 0.787. The van der Waals surface area contributed by atoms with Gasteiger partial charge in [-0.15, -0.1) is 11.3 Å². The molecular weight excluding hydrogens is 186 g/mol. The van der Waals surface area contributed by atoms with Crippen molar-refractivity contribution >= 4 is 11.3 Å². The van der Waals surface area contributed by atoms with Gasteiger partial charge in [0.05, 0.1) is 23.3 Å². The number of aliphatic hydroxyl groups excluding tert-OH is 1. The minimum atomic E-state index is -0.521. The number of thiazole rings is 1. The number of ether oxygens (including phenoxy) is 1. The summed E-state index contributed by atoms with van der Waals surface area (Å²) in [6.45, 7) is 0.763. The van der Waals surface area contributed by atoms with E-state index in [9.17, 15) is 5.11 Å². The molecule has 0 bridgehead atoms. The van der Waals surface area contributed by atoms with Gasteiger partial charge in [0.2, 0.25) is 0 Å². The second-order valence-electron chi connectivity index (χ2n) is 2.97. The highest BCUT2D eigenvalue weighted by molar-refractivity contribution is 7.09. The molecular formula is C9H11NO2S. The van der Waals surface area contributed by atoms with Crippen molar-refractivity contribution in [3.05, 3.63) is 28.4 Å². The van der Waals surface area contributed by atoms with Crippen molar-refractivity contribution in [3.8, 4) is 0 Å². The first-order chi connectivity index (χ1) is 6.38. The van der Waals surface area contributed by atoms with Crippen molar-refractivity contribution in [2.75, 3.05) is 6.61 Å². The molecule has 4 heteroatoms. The van der Waals surface area contributed by atoms with E-state index < -0.39 is 6.10 Å². The summed E-state index contributed by atoms with van der Waals surface area (Å²) in [7, 11) is 0. The molecule has 0 aromatic carbocycles. The Bertz CT molecular complexity index is 295. The number of hydrogen-bond donors (Lipinski definition) is 1. The predicted molar refractivity (Wildman–Crippen MR) is 50.3 cm³/mol. The van der Waals surface area contributed by atoms with Crippen LogP contribution in [0.25, 0.3) is 0 Å². The summed E-state index contributed by atoms with van der Waals surface area (Å²) >= 11 is 1.47. The molecule has 1 aliphatic rings. The zero-order valence-corrected chi connectivity index (χ0v) is 7.96. The van der Waals surface area contributed by atoms with E-state index in [0.717, 1.165) is 29.9 Å². The molecule has 1 unspecified atom stereocenters. The lowest BCUT2D eigenvalue weighted by Gasteiger charge is -2.17. The van der Waals surface area contributed by atoms with Crippen molar-refractivity contribution in [2.45, 2.75) is 18.9 Å². The van der Waals surface area contributed by atoms with Gasteiger partial charge in [0.15, 0.2) is 0 Å². The van der Waals surface area contributed by atoms with Crippen LogP contribution in [0.2, 0.25) is 0 Å². The van der Waals surface area contributed by atoms with Crippen LogP contribution in [0.5, 0.6) is 0 Å². The summed E-state index contributed by atoms with van der Waals surface area (Å²) in [5, 5.41) is 9.86. The zero-order valence-electron chi connectivity index (χ0n) is 7.14. The first-order valence-electron chi connectivity index (χ1n) is 4.25. The molecule has 0 saturated carbocycles. The summed E-state index contributed by atoms with van der Waals surface area (Å²) in [6, 6.07) is 0. The molecule has 0 saturated heterocycles. The summed E-state index contributed by atoms with van der Waals surface area (Å²) < 4.78 is 5.16. The van der Waals surface area contributed by atoms with Crippen LogP contribution in [0.4, 0.5) is 0 Å². The van der Waals surface area contributed by atoms with Gasteiger partial charge in [0, 0.05) is 6.20 Å². The fourth-order valence-electron chi connectivity index (χ4n) is 1.33. The largest absolute Gasteiger partial charge is 0.501 e. The maximum atomic E-state index is 9.86. The van der Waals surface area contributed by atoms with Crippen molar-refractivity contribution < 1.29 is 9.84 Å². The third-order valence-electron chi connectivity index (χ3n) is 2.03. The van der Waals surface area contributed by atoms with Crippen LogP contribution >= 0.6 is 11.3 Å². The van der Waals surface area contributed by atoms with E-state index in [1.165, 1.54) is 11.3 Å². The van der Waals surface area contributed by atoms with Crippen molar-refractivity contribution in [2.24, 2.45) is 0 Å². The molecule has 1 aliphatic heterocycles. The van der Waals surface area contributed by atoms with Crippen molar-refractivity contribution in [3.63, 3.8) is 0 Å². The Morgan fingerprint density at radius 1 is 1.62 bits per heavy atom. The average molecular weight is 197 g/mol. The normalized spacial score (nSPS) is 19.0. The van der Waals surface area contributed by atoms with Gasteiger partial charge < -0.3 is 9.84 Å². The summed E-state index contributed by atoms with van der Waals surface area (Å²) in [5.74, 6) is 0. The number of aromatic nitrogens is 1. The third kappa shape index (κ3) is 1.89. The van der Waals surface area contributed by atoms with Crippen LogP contribution in [0.15, 0.2) is 23.5 Å². The highest BCUT2D eigenvalue weighted by Gasteiger charge is 2.17. The molecule has 3 nitrogen and oxygen atoms in total. The minimum absolute atomic E-state index is 0.521. The molecule has 0 amide bonds. The van der Waals surface area contributed by atoms with Gasteiger partial charge in [-0.05, 0) is 18.4 Å². The average Bonchev–Trinajstić information content (AvgIpc) is 2.71. The predicted octanol–water partition coefficient (Wildman–Crippen LogP) is 1.87. The molecule has 0 fully saturated rings. The fourth-order valence-corrected chi connectivity index (χ4v) is 1.97. The zero-order chi connectivity index (χ0) is 9.10. The van der Waals surface area contributed by atoms with Crippen LogP contribution in [0, 0.1) is 0 Å². The Labute approximate surface area is 80.7 Å². The molecule has 2 heterocycles. The topological polar surface area (TPSA) is 42.4 Å². The lowest BCUT2D eigenvalue weighted by Crippen LogP contribution is -2.06. The number of aliphatic hydroxyl groups is 1. The van der Waals surface area contributed by atoms with Crippen LogP contribution in [0.3, 0.4) is 0 Å². The summed E-state index contributed by atoms with van der Waals surface area (Å²) in [4.78, 5) is 4.81. The third-order valence-corrected chi connectivity index (χ3v) is 2.86. The first-order valence-corrected chi connectivity index (χ1v) is 5.13. The van der Waals surface area contributed by atoms with Crippen LogP contribution < -0.4 is 0 Å². The lowest BCUT2D eigenvalue weighted by atomic mass is 10.0. The number of rotatable bonds is 2. The SMILES string of the molecule is OC(C1=COCCC1)c1cncs1. The minimum Gasteiger partial charge on any atom is -0.501 e. The van der Waals surface area contributed by atoms with Gasteiger partial charge in [-0.25, -0.2) is 0 Å². The van der Waals surface area contributed by atoms with E-state index in [0.29, 0.717) is 0 Å². The molecule has 1 aromatic rings. The molecule has 13 heavy (non-hydrogen) atoms. The van der Waals surface area contributed by atoms with E-state index >= 15 is 0 Å². The van der Waals surface area contributed by atoms with Crippen LogP contribution in [-0.2, 0) is 4.74 Å². The maximum Gasteiger partial charge on any atom is 0.114 e. The van der Waals surface area contributed by atoms with E-state index in [2.05, 4.69) is 4.98 Å². The van der Waals surface area contributed by atoms with Gasteiger partial charge in [0.1, 0.15) is 6.10 Å². The van der Waals surface area contributed by atoms with Crippen LogP contribution in [0.1, 0.15) is 23.8 Å². The number of nitrogens with zero attached hydrogens (tertiary/aromatic N) is 1. The molecule has 0 aliphatic carbocycles. The maximum absolute atomic E-state index is 9.86. The number of hydrogen-bond acceptors (Lipinski definition) is 4. The second-order valence-corrected chi connectivity index (χ2v) is 3.89. The molecule has 1 atom stereocenters. The Balaban J connectivity index is 2.12. The van der Waals surface area contributed by atoms with Gasteiger partial charge in [0.25, 0.3) is 0 Å². The van der Waals surface area contributed by atoms with E-state index in [1.54, 1.807) is 18.0 Å². The van der Waals surface area contributed by atoms with Crippen molar-refractivity contribution in [1.29, 1.82) is 0 Å². The Hall–Kier alpha value is -0.870. The van der Waals surface area contributed by atoms with Crippen molar-refractivity contribution in [1.82, 2.24) is 4.98 Å². The smallest absolute Gasteiger partial charge is 0.114 e. The fraction of sp³-hybridized carbons (Fsp3) is 0.444. The monoisotopic (exact) mass is 197 g/mol. The van der Waals surface area contributed by atoms with E-state index in [-0.39, 0.29) is 0 Å². The lowest BCUT2D eigenvalue weighted by molar-refractivity contribution is 0.172. The summed E-state index contributed by atoms with van der Waals surface area (Å²) in [5.41, 5.74) is 2.68. The summed E-state index contributed by atoms with van der Waals surface area (Å²) in [6.07, 6.45) is 4.76.